The summed E-state index contributed by atoms with van der Waals surface area (Å²) < 4.78 is 16.8. The highest BCUT2D eigenvalue weighted by atomic mass is 127. The fraction of sp³-hybridized carbons (Fsp3) is 0.579. The quantitative estimate of drug-likeness (QED) is 0.607. The van der Waals surface area contributed by atoms with E-state index in [0.717, 1.165) is 16.4 Å². The van der Waals surface area contributed by atoms with Gasteiger partial charge < -0.3 is 24.0 Å². The van der Waals surface area contributed by atoms with Crippen molar-refractivity contribution in [2.24, 2.45) is 5.92 Å². The molecule has 8 heteroatoms. The lowest BCUT2D eigenvalue weighted by Crippen LogP contribution is -2.49. The van der Waals surface area contributed by atoms with Crippen molar-refractivity contribution in [1.29, 1.82) is 0 Å². The van der Waals surface area contributed by atoms with Gasteiger partial charge in [-0.15, -0.1) is 0 Å². The lowest BCUT2D eigenvalue weighted by Gasteiger charge is -2.36. The molecule has 2 amide bonds. The van der Waals surface area contributed by atoms with Crippen molar-refractivity contribution >= 4 is 34.4 Å². The Morgan fingerprint density at radius 1 is 1.07 bits per heavy atom. The largest absolute Gasteiger partial charge is 0.493 e. The molecule has 3 rings (SSSR count). The van der Waals surface area contributed by atoms with Gasteiger partial charge in [0.15, 0.2) is 11.5 Å². The monoisotopic (exact) mass is 488 g/mol. The summed E-state index contributed by atoms with van der Waals surface area (Å²) in [5.41, 5.74) is 0.577. The molecular formula is C19H25IN2O5. The van der Waals surface area contributed by atoms with E-state index in [0.29, 0.717) is 56.5 Å². The maximum absolute atomic E-state index is 13.1. The number of hydrogen-bond donors (Lipinski definition) is 0. The first kappa shape index (κ1) is 20.2. The Kier molecular flexibility index (Phi) is 6.80. The molecule has 1 aromatic carbocycles. The summed E-state index contributed by atoms with van der Waals surface area (Å²) in [4.78, 5) is 29.6. The van der Waals surface area contributed by atoms with Crippen LogP contribution in [0.1, 0.15) is 23.2 Å². The van der Waals surface area contributed by atoms with Crippen LogP contribution in [0.2, 0.25) is 0 Å². The Bertz CT molecular complexity index is 706. The van der Waals surface area contributed by atoms with Gasteiger partial charge in [0.1, 0.15) is 0 Å². The van der Waals surface area contributed by atoms with Crippen molar-refractivity contribution in [2.75, 3.05) is 53.6 Å². The molecule has 2 aliphatic heterocycles. The second-order valence-electron chi connectivity index (χ2n) is 6.72. The molecule has 1 atom stereocenters. The first-order valence-electron chi connectivity index (χ1n) is 9.12. The number of likely N-dealkylation sites (tertiary alicyclic amines) is 1. The lowest BCUT2D eigenvalue weighted by molar-refractivity contribution is -0.141. The van der Waals surface area contributed by atoms with E-state index in [1.807, 2.05) is 4.90 Å². The summed E-state index contributed by atoms with van der Waals surface area (Å²) in [6.07, 6.45) is 1.65. The van der Waals surface area contributed by atoms with Crippen molar-refractivity contribution in [3.63, 3.8) is 0 Å². The van der Waals surface area contributed by atoms with Gasteiger partial charge in [-0.3, -0.25) is 9.59 Å². The zero-order valence-corrected chi connectivity index (χ0v) is 17.9. The number of halogens is 1. The first-order valence-corrected chi connectivity index (χ1v) is 10.2. The molecule has 2 aliphatic rings. The molecule has 0 aromatic heterocycles. The maximum Gasteiger partial charge on any atom is 0.255 e. The molecule has 0 N–H and O–H groups in total. The van der Waals surface area contributed by atoms with Gasteiger partial charge in [0.25, 0.3) is 5.91 Å². The normalized spacial score (nSPS) is 20.3. The van der Waals surface area contributed by atoms with E-state index in [1.54, 1.807) is 31.3 Å². The lowest BCUT2D eigenvalue weighted by atomic mass is 9.95. The number of amides is 2. The molecule has 148 valence electrons. The Morgan fingerprint density at radius 3 is 2.41 bits per heavy atom. The van der Waals surface area contributed by atoms with Crippen LogP contribution in [0.5, 0.6) is 11.5 Å². The minimum atomic E-state index is -0.140. The van der Waals surface area contributed by atoms with Crippen molar-refractivity contribution < 1.29 is 23.8 Å². The molecule has 0 saturated carbocycles. The van der Waals surface area contributed by atoms with Gasteiger partial charge in [-0.1, -0.05) is 0 Å². The molecule has 2 saturated heterocycles. The minimum absolute atomic E-state index is 0.0696. The van der Waals surface area contributed by atoms with Crippen LogP contribution in [0.25, 0.3) is 0 Å². The van der Waals surface area contributed by atoms with E-state index >= 15 is 0 Å². The SMILES string of the molecule is COc1cc(I)c(C(=O)N2CCCC(C(=O)N3CCOCC3)C2)cc1OC. The third-order valence-corrected chi connectivity index (χ3v) is 5.98. The van der Waals surface area contributed by atoms with Crippen LogP contribution in [0, 0.1) is 9.49 Å². The predicted octanol–water partition coefficient (Wildman–Crippen LogP) is 2.02. The summed E-state index contributed by atoms with van der Waals surface area (Å²) in [5.74, 6) is 1.05. The third-order valence-electron chi connectivity index (χ3n) is 5.08. The Balaban J connectivity index is 1.74. The van der Waals surface area contributed by atoms with E-state index in [-0.39, 0.29) is 17.7 Å². The van der Waals surface area contributed by atoms with Gasteiger partial charge >= 0.3 is 0 Å². The van der Waals surface area contributed by atoms with Crippen LogP contribution in [0.4, 0.5) is 0 Å². The van der Waals surface area contributed by atoms with Crippen LogP contribution < -0.4 is 9.47 Å². The van der Waals surface area contributed by atoms with E-state index in [2.05, 4.69) is 22.6 Å². The molecule has 0 aliphatic carbocycles. The highest BCUT2D eigenvalue weighted by Gasteiger charge is 2.33. The highest BCUT2D eigenvalue weighted by molar-refractivity contribution is 14.1. The van der Waals surface area contributed by atoms with Gasteiger partial charge in [0, 0.05) is 29.7 Å². The maximum atomic E-state index is 13.1. The Labute approximate surface area is 173 Å². The molecule has 1 aromatic rings. The average molecular weight is 488 g/mol. The van der Waals surface area contributed by atoms with Crippen LogP contribution in [-0.2, 0) is 9.53 Å². The molecule has 7 nitrogen and oxygen atoms in total. The third kappa shape index (κ3) is 4.48. The standard InChI is InChI=1S/C19H25IN2O5/c1-25-16-10-14(15(20)11-17(16)26-2)19(24)22-5-3-4-13(12-22)18(23)21-6-8-27-9-7-21/h10-11,13H,3-9,12H2,1-2H3. The van der Waals surface area contributed by atoms with Gasteiger partial charge in [0.05, 0.1) is 38.9 Å². The number of carbonyl (C=O) groups is 2. The average Bonchev–Trinajstić information content (AvgIpc) is 2.73. The van der Waals surface area contributed by atoms with Gasteiger partial charge in [-0.05, 0) is 47.6 Å². The molecular weight excluding hydrogens is 463 g/mol. The number of carbonyl (C=O) groups excluding carboxylic acids is 2. The van der Waals surface area contributed by atoms with Crippen molar-refractivity contribution in [2.45, 2.75) is 12.8 Å². The van der Waals surface area contributed by atoms with Crippen molar-refractivity contribution in [3.05, 3.63) is 21.3 Å². The molecule has 27 heavy (non-hydrogen) atoms. The molecule has 2 fully saturated rings. The van der Waals surface area contributed by atoms with Crippen LogP contribution in [0.15, 0.2) is 12.1 Å². The topological polar surface area (TPSA) is 68.3 Å². The fourth-order valence-electron chi connectivity index (χ4n) is 3.59. The summed E-state index contributed by atoms with van der Waals surface area (Å²) in [7, 11) is 3.12. The molecule has 2 heterocycles. The molecule has 0 bridgehead atoms. The Hall–Kier alpha value is -1.55. The molecule has 0 radical (unpaired) electrons. The van der Waals surface area contributed by atoms with E-state index in [9.17, 15) is 9.59 Å². The van der Waals surface area contributed by atoms with E-state index in [1.165, 1.54) is 0 Å². The zero-order chi connectivity index (χ0) is 19.4. The number of rotatable bonds is 4. The number of methoxy groups -OCH3 is 2. The summed E-state index contributed by atoms with van der Waals surface area (Å²) in [6.45, 7) is 3.57. The summed E-state index contributed by atoms with van der Waals surface area (Å²) in [6, 6.07) is 3.52. The van der Waals surface area contributed by atoms with Gasteiger partial charge in [0.2, 0.25) is 5.91 Å². The summed E-state index contributed by atoms with van der Waals surface area (Å²) >= 11 is 2.14. The van der Waals surface area contributed by atoms with Crippen LogP contribution in [-0.4, -0.2) is 75.2 Å². The molecule has 0 spiro atoms. The first-order chi connectivity index (χ1) is 13.0. The smallest absolute Gasteiger partial charge is 0.255 e. The minimum Gasteiger partial charge on any atom is -0.493 e. The van der Waals surface area contributed by atoms with Crippen molar-refractivity contribution in [1.82, 2.24) is 9.80 Å². The Morgan fingerprint density at radius 2 is 1.74 bits per heavy atom. The number of piperidine rings is 1. The fourth-order valence-corrected chi connectivity index (χ4v) is 4.26. The molecule has 1 unspecified atom stereocenters. The van der Waals surface area contributed by atoms with E-state index in [4.69, 9.17) is 14.2 Å². The van der Waals surface area contributed by atoms with Crippen molar-refractivity contribution in [3.8, 4) is 11.5 Å². The second-order valence-corrected chi connectivity index (χ2v) is 7.88. The number of ether oxygens (including phenoxy) is 3. The second kappa shape index (κ2) is 9.09. The van der Waals surface area contributed by atoms with Gasteiger partial charge in [-0.2, -0.15) is 0 Å². The zero-order valence-electron chi connectivity index (χ0n) is 15.7. The summed E-state index contributed by atoms with van der Waals surface area (Å²) in [5, 5.41) is 0. The highest BCUT2D eigenvalue weighted by Crippen LogP contribution is 2.32. The van der Waals surface area contributed by atoms with Crippen LogP contribution >= 0.6 is 22.6 Å². The number of nitrogens with zero attached hydrogens (tertiary/aromatic N) is 2. The predicted molar refractivity (Wildman–Crippen MR) is 108 cm³/mol. The number of morpholine rings is 1. The van der Waals surface area contributed by atoms with Gasteiger partial charge in [-0.25, -0.2) is 0 Å². The van der Waals surface area contributed by atoms with E-state index < -0.39 is 0 Å². The number of benzene rings is 1. The number of hydrogen-bond acceptors (Lipinski definition) is 5. The van der Waals surface area contributed by atoms with Crippen LogP contribution in [0.3, 0.4) is 0 Å².